The highest BCUT2D eigenvalue weighted by molar-refractivity contribution is 5.73. The van der Waals surface area contributed by atoms with Crippen LogP contribution in [0, 0.1) is 5.82 Å². The first-order chi connectivity index (χ1) is 16.4. The molecule has 8 nitrogen and oxygen atoms in total. The van der Waals surface area contributed by atoms with Gasteiger partial charge in [-0.15, -0.1) is 0 Å². The molecule has 34 heavy (non-hydrogen) atoms. The number of aromatic nitrogens is 2. The fourth-order valence-corrected chi connectivity index (χ4v) is 4.96. The molecule has 4 rings (SSSR count). The SMILES string of the molecule is C=C(Nc1ccccc1F)N(c1nc(NC2CCC(NC(C)=O)CC2)ncc1N)C1CCCC1. The monoisotopic (exact) mass is 467 g/mol. The fraction of sp³-hybridized carbons (Fsp3) is 0.480. The van der Waals surface area contributed by atoms with Crippen molar-refractivity contribution >= 4 is 29.0 Å². The van der Waals surface area contributed by atoms with Crippen molar-refractivity contribution < 1.29 is 9.18 Å². The van der Waals surface area contributed by atoms with E-state index in [9.17, 15) is 9.18 Å². The van der Waals surface area contributed by atoms with E-state index in [1.54, 1.807) is 31.3 Å². The van der Waals surface area contributed by atoms with Crippen molar-refractivity contribution in [1.29, 1.82) is 0 Å². The number of hydrogen-bond donors (Lipinski definition) is 4. The predicted molar refractivity (Wildman–Crippen MR) is 134 cm³/mol. The van der Waals surface area contributed by atoms with Gasteiger partial charge in [0.05, 0.1) is 17.6 Å². The highest BCUT2D eigenvalue weighted by Gasteiger charge is 2.29. The summed E-state index contributed by atoms with van der Waals surface area (Å²) in [7, 11) is 0. The van der Waals surface area contributed by atoms with Crippen LogP contribution in [0.5, 0.6) is 0 Å². The Balaban J connectivity index is 1.51. The highest BCUT2D eigenvalue weighted by Crippen LogP contribution is 2.34. The van der Waals surface area contributed by atoms with Gasteiger partial charge in [0, 0.05) is 25.0 Å². The van der Waals surface area contributed by atoms with E-state index >= 15 is 0 Å². The summed E-state index contributed by atoms with van der Waals surface area (Å²) in [4.78, 5) is 22.5. The lowest BCUT2D eigenvalue weighted by molar-refractivity contribution is -0.119. The van der Waals surface area contributed by atoms with Gasteiger partial charge in [0.25, 0.3) is 0 Å². The van der Waals surface area contributed by atoms with Crippen LogP contribution in [0.1, 0.15) is 58.3 Å². The van der Waals surface area contributed by atoms with E-state index in [2.05, 4.69) is 27.5 Å². The predicted octanol–water partition coefficient (Wildman–Crippen LogP) is 4.39. The van der Waals surface area contributed by atoms with Crippen LogP contribution in [0.15, 0.2) is 42.9 Å². The third-order valence-corrected chi connectivity index (χ3v) is 6.63. The smallest absolute Gasteiger partial charge is 0.224 e. The van der Waals surface area contributed by atoms with Crippen molar-refractivity contribution in [2.24, 2.45) is 0 Å². The zero-order chi connectivity index (χ0) is 24.1. The van der Waals surface area contributed by atoms with Crippen molar-refractivity contribution in [3.05, 3.63) is 48.7 Å². The summed E-state index contributed by atoms with van der Waals surface area (Å²) >= 11 is 0. The number of carbonyl (C=O) groups is 1. The molecule has 182 valence electrons. The third kappa shape index (κ3) is 5.76. The van der Waals surface area contributed by atoms with Crippen LogP contribution in [0.25, 0.3) is 0 Å². The zero-order valence-corrected chi connectivity index (χ0v) is 19.7. The number of carbonyl (C=O) groups excluding carboxylic acids is 1. The Kier molecular flexibility index (Phi) is 7.49. The molecule has 0 spiro atoms. The summed E-state index contributed by atoms with van der Waals surface area (Å²) in [6, 6.07) is 7.15. The van der Waals surface area contributed by atoms with Gasteiger partial charge in [0.2, 0.25) is 11.9 Å². The first-order valence-corrected chi connectivity index (χ1v) is 12.1. The largest absolute Gasteiger partial charge is 0.394 e. The van der Waals surface area contributed by atoms with E-state index < -0.39 is 0 Å². The van der Waals surface area contributed by atoms with Crippen LogP contribution in [-0.2, 0) is 4.79 Å². The maximum Gasteiger partial charge on any atom is 0.224 e. The van der Waals surface area contributed by atoms with Gasteiger partial charge in [-0.05, 0) is 50.7 Å². The molecule has 1 heterocycles. The molecule has 0 radical (unpaired) electrons. The standard InChI is InChI=1S/C25H34FN7O/c1-16(29-23-10-6-5-9-21(23)26)33(20-7-3-4-8-20)24-22(27)15-28-25(32-24)31-19-13-11-18(12-14-19)30-17(2)34/h5-6,9-10,15,18-20,29H,1,3-4,7-8,11-14,27H2,2H3,(H,30,34)(H,28,31,32). The average Bonchev–Trinajstić information content (AvgIpc) is 3.33. The molecule has 0 aliphatic heterocycles. The first-order valence-electron chi connectivity index (χ1n) is 12.1. The van der Waals surface area contributed by atoms with E-state index in [0.29, 0.717) is 29.0 Å². The van der Waals surface area contributed by atoms with Gasteiger partial charge in [-0.25, -0.2) is 9.37 Å². The summed E-state index contributed by atoms with van der Waals surface area (Å²) in [6.07, 6.45) is 9.47. The van der Waals surface area contributed by atoms with Crippen molar-refractivity contribution in [3.8, 4) is 0 Å². The Bertz CT molecular complexity index is 1020. The Morgan fingerprint density at radius 2 is 1.79 bits per heavy atom. The number of nitrogens with zero attached hydrogens (tertiary/aromatic N) is 3. The maximum absolute atomic E-state index is 14.3. The number of anilines is 4. The lowest BCUT2D eigenvalue weighted by Gasteiger charge is -2.33. The molecule has 2 aliphatic rings. The number of rotatable bonds is 8. The molecular formula is C25H34FN7O. The zero-order valence-electron chi connectivity index (χ0n) is 19.7. The lowest BCUT2D eigenvalue weighted by Crippen LogP contribution is -2.39. The highest BCUT2D eigenvalue weighted by atomic mass is 19.1. The summed E-state index contributed by atoms with van der Waals surface area (Å²) in [5.41, 5.74) is 7.15. The third-order valence-electron chi connectivity index (χ3n) is 6.63. The molecule has 5 N–H and O–H groups in total. The molecule has 9 heteroatoms. The van der Waals surface area contributed by atoms with Crippen LogP contribution < -0.4 is 26.6 Å². The van der Waals surface area contributed by atoms with E-state index in [4.69, 9.17) is 10.7 Å². The molecule has 0 bridgehead atoms. The summed E-state index contributed by atoms with van der Waals surface area (Å²) in [6.45, 7) is 5.76. The van der Waals surface area contributed by atoms with Gasteiger partial charge in [-0.2, -0.15) is 4.98 Å². The fourth-order valence-electron chi connectivity index (χ4n) is 4.96. The van der Waals surface area contributed by atoms with E-state index in [1.165, 1.54) is 6.07 Å². The molecule has 1 aromatic heterocycles. The van der Waals surface area contributed by atoms with Gasteiger partial charge in [-0.3, -0.25) is 4.79 Å². The Labute approximate surface area is 200 Å². The van der Waals surface area contributed by atoms with E-state index in [0.717, 1.165) is 51.4 Å². The van der Waals surface area contributed by atoms with Crippen LogP contribution in [-0.4, -0.2) is 34.0 Å². The van der Waals surface area contributed by atoms with Crippen LogP contribution in [0.2, 0.25) is 0 Å². The molecule has 1 amide bonds. The average molecular weight is 468 g/mol. The second-order valence-electron chi connectivity index (χ2n) is 9.23. The Morgan fingerprint density at radius 3 is 2.47 bits per heavy atom. The van der Waals surface area contributed by atoms with Gasteiger partial charge < -0.3 is 26.6 Å². The molecule has 2 aliphatic carbocycles. The number of nitrogens with one attached hydrogen (secondary N) is 3. The molecule has 0 atom stereocenters. The molecule has 2 aromatic rings. The van der Waals surface area contributed by atoms with Crippen molar-refractivity contribution in [1.82, 2.24) is 15.3 Å². The summed E-state index contributed by atoms with van der Waals surface area (Å²) in [5, 5.41) is 9.56. The Morgan fingerprint density at radius 1 is 1.12 bits per heavy atom. The quantitative estimate of drug-likeness (QED) is 0.456. The van der Waals surface area contributed by atoms with Crippen molar-refractivity contribution in [2.75, 3.05) is 21.3 Å². The van der Waals surface area contributed by atoms with Crippen molar-refractivity contribution in [2.45, 2.75) is 76.4 Å². The molecule has 2 saturated carbocycles. The number of hydrogen-bond acceptors (Lipinski definition) is 7. The minimum Gasteiger partial charge on any atom is -0.394 e. The normalized spacial score (nSPS) is 20.5. The lowest BCUT2D eigenvalue weighted by atomic mass is 9.91. The molecule has 1 aromatic carbocycles. The van der Waals surface area contributed by atoms with Gasteiger partial charge in [0.1, 0.15) is 11.6 Å². The second-order valence-corrected chi connectivity index (χ2v) is 9.23. The second kappa shape index (κ2) is 10.7. The number of nitrogens with two attached hydrogens (primary N) is 1. The number of benzene rings is 1. The molecule has 0 unspecified atom stereocenters. The van der Waals surface area contributed by atoms with Gasteiger partial charge in [0.15, 0.2) is 5.82 Å². The van der Waals surface area contributed by atoms with Crippen LogP contribution in [0.4, 0.5) is 27.5 Å². The van der Waals surface area contributed by atoms with Crippen molar-refractivity contribution in [3.63, 3.8) is 0 Å². The maximum atomic E-state index is 14.3. The summed E-state index contributed by atoms with van der Waals surface area (Å²) in [5.74, 6) is 1.28. The van der Waals surface area contributed by atoms with Gasteiger partial charge >= 0.3 is 0 Å². The number of amides is 1. The molecular weight excluding hydrogens is 433 g/mol. The van der Waals surface area contributed by atoms with E-state index in [-0.39, 0.29) is 29.8 Å². The topological polar surface area (TPSA) is 108 Å². The van der Waals surface area contributed by atoms with Gasteiger partial charge in [-0.1, -0.05) is 31.6 Å². The van der Waals surface area contributed by atoms with Crippen LogP contribution in [0.3, 0.4) is 0 Å². The Hall–Kier alpha value is -3.36. The minimum atomic E-state index is -0.345. The van der Waals surface area contributed by atoms with E-state index in [1.807, 2.05) is 4.90 Å². The number of halogens is 1. The molecule has 0 saturated heterocycles. The molecule has 2 fully saturated rings. The number of nitrogen functional groups attached to an aromatic ring is 1. The minimum absolute atomic E-state index is 0.0131. The summed E-state index contributed by atoms with van der Waals surface area (Å²) < 4.78 is 14.3. The van der Waals surface area contributed by atoms with Crippen LogP contribution >= 0.6 is 0 Å². The first kappa shape index (κ1) is 23.8. The number of para-hydroxylation sites is 1.